The molecule has 0 amide bonds. The molecule has 0 aliphatic rings. The number of unbranched alkanes of at least 4 members (excludes halogenated alkanes) is 15. The third kappa shape index (κ3) is 46.7. The van der Waals surface area contributed by atoms with E-state index in [0.717, 1.165) is 96.3 Å². The van der Waals surface area contributed by atoms with E-state index in [0.29, 0.717) is 24.1 Å². The van der Waals surface area contributed by atoms with Crippen molar-refractivity contribution in [2.45, 2.75) is 180 Å². The van der Waals surface area contributed by atoms with Gasteiger partial charge in [0.15, 0.2) is 0 Å². The highest BCUT2D eigenvalue weighted by Crippen LogP contribution is 2.38. The van der Waals surface area contributed by atoms with Crippen LogP contribution in [0.5, 0.6) is 0 Å². The number of hydrogen-bond donors (Lipinski definition) is 0. The van der Waals surface area contributed by atoms with Crippen molar-refractivity contribution in [3.05, 3.63) is 85.1 Å². The first-order valence-electron chi connectivity index (χ1n) is 23.8. The monoisotopic (exact) mass is 860 g/mol. The molecule has 9 heteroatoms. The van der Waals surface area contributed by atoms with Gasteiger partial charge < -0.3 is 27.9 Å². The average molecular weight is 860 g/mol. The Labute approximate surface area is 369 Å². The van der Waals surface area contributed by atoms with E-state index in [1.54, 1.807) is 0 Å². The van der Waals surface area contributed by atoms with Crippen LogP contribution < -0.4 is 4.89 Å². The second-order valence-corrected chi connectivity index (χ2v) is 18.1. The van der Waals surface area contributed by atoms with E-state index < -0.39 is 13.9 Å². The molecule has 2 atom stereocenters. The van der Waals surface area contributed by atoms with Gasteiger partial charge in [0.25, 0.3) is 7.82 Å². The van der Waals surface area contributed by atoms with E-state index in [9.17, 15) is 14.3 Å². The molecular formula is C51H90NO7P. The molecule has 60 heavy (non-hydrogen) atoms. The standard InChI is InChI=1S/C51H90NO7P/c1-6-8-10-12-14-16-18-20-22-24-26-27-29-31-33-35-37-39-41-43-46-56-48-50(49-58-60(54,55)57-47-45-52(3,4)5)59-51(53)44-42-40-38-36-34-32-30-28-25-23-21-19-17-15-13-11-9-7-2/h8,10,14,16-17,19-20,22-23,25-27,31,33,50H,6-7,9,11-13,15,18,21,24,28-30,32,34-49H2,1-5H3/b10-8-,16-14-,19-17-,22-20-,25-23-,27-26-,33-31-. The van der Waals surface area contributed by atoms with Gasteiger partial charge in [-0.05, 0) is 89.9 Å². The molecule has 0 aromatic rings. The van der Waals surface area contributed by atoms with Gasteiger partial charge in [-0.3, -0.25) is 9.36 Å². The van der Waals surface area contributed by atoms with E-state index >= 15 is 0 Å². The molecule has 0 saturated carbocycles. The molecule has 0 aliphatic heterocycles. The van der Waals surface area contributed by atoms with Gasteiger partial charge in [-0.2, -0.15) is 0 Å². The predicted octanol–water partition coefficient (Wildman–Crippen LogP) is 13.8. The molecular weight excluding hydrogens is 770 g/mol. The molecule has 0 heterocycles. The number of ether oxygens (including phenoxy) is 2. The number of hydrogen-bond acceptors (Lipinski definition) is 7. The molecule has 0 radical (unpaired) electrons. The number of esters is 1. The summed E-state index contributed by atoms with van der Waals surface area (Å²) in [5.74, 6) is -0.355. The summed E-state index contributed by atoms with van der Waals surface area (Å²) < 4.78 is 34.6. The highest BCUT2D eigenvalue weighted by molar-refractivity contribution is 7.45. The van der Waals surface area contributed by atoms with Crippen molar-refractivity contribution >= 4 is 13.8 Å². The maximum Gasteiger partial charge on any atom is 0.306 e. The fourth-order valence-corrected chi connectivity index (χ4v) is 6.74. The lowest BCUT2D eigenvalue weighted by molar-refractivity contribution is -0.870. The Bertz CT molecular complexity index is 1230. The summed E-state index contributed by atoms with van der Waals surface area (Å²) in [6, 6.07) is 0. The number of phosphoric acid groups is 1. The second-order valence-electron chi connectivity index (χ2n) is 16.7. The van der Waals surface area contributed by atoms with Crippen LogP contribution in [0.3, 0.4) is 0 Å². The van der Waals surface area contributed by atoms with Crippen LogP contribution >= 0.6 is 7.82 Å². The maximum atomic E-state index is 12.7. The zero-order valence-electron chi connectivity index (χ0n) is 39.1. The third-order valence-corrected chi connectivity index (χ3v) is 10.6. The van der Waals surface area contributed by atoms with Crippen molar-refractivity contribution in [3.8, 4) is 0 Å². The van der Waals surface area contributed by atoms with Crippen LogP contribution in [0, 0.1) is 0 Å². The number of rotatable bonds is 43. The summed E-state index contributed by atoms with van der Waals surface area (Å²) in [5, 5.41) is 0. The minimum Gasteiger partial charge on any atom is -0.756 e. The van der Waals surface area contributed by atoms with E-state index in [1.807, 2.05) is 21.1 Å². The molecule has 346 valence electrons. The number of quaternary nitrogens is 1. The first-order valence-corrected chi connectivity index (χ1v) is 25.3. The molecule has 0 bridgehead atoms. The molecule has 0 aromatic heterocycles. The maximum absolute atomic E-state index is 12.7. The van der Waals surface area contributed by atoms with Crippen LogP contribution in [-0.4, -0.2) is 70.7 Å². The lowest BCUT2D eigenvalue weighted by Gasteiger charge is -2.28. The van der Waals surface area contributed by atoms with E-state index in [-0.39, 0.29) is 25.8 Å². The molecule has 0 fully saturated rings. The zero-order valence-corrected chi connectivity index (χ0v) is 40.0. The molecule has 0 aromatic carbocycles. The van der Waals surface area contributed by atoms with Gasteiger partial charge in [0.05, 0.1) is 34.4 Å². The van der Waals surface area contributed by atoms with Crippen LogP contribution in [0.15, 0.2) is 85.1 Å². The van der Waals surface area contributed by atoms with Gasteiger partial charge >= 0.3 is 5.97 Å². The molecule has 8 nitrogen and oxygen atoms in total. The summed E-state index contributed by atoms with van der Waals surface area (Å²) in [4.78, 5) is 25.1. The first kappa shape index (κ1) is 57.7. The molecule has 0 N–H and O–H groups in total. The summed E-state index contributed by atoms with van der Waals surface area (Å²) in [6.45, 7) is 5.19. The van der Waals surface area contributed by atoms with Crippen LogP contribution in [0.4, 0.5) is 0 Å². The SMILES string of the molecule is CC/C=C\C/C=C\C/C=C\C/C=C\C/C=C\CCCCCCOCC(COP(=O)([O-])OCC[N+](C)(C)C)OC(=O)CCCCCCCCC/C=C\C/C=C\CCCCCC. The first-order chi connectivity index (χ1) is 29.1. The minimum atomic E-state index is -4.54. The van der Waals surface area contributed by atoms with Gasteiger partial charge in [-0.1, -0.05) is 163 Å². The van der Waals surface area contributed by atoms with E-state index in [2.05, 4.69) is 98.9 Å². The summed E-state index contributed by atoms with van der Waals surface area (Å²) in [7, 11) is 1.32. The number of phosphoric ester groups is 1. The summed E-state index contributed by atoms with van der Waals surface area (Å²) in [6.07, 6.45) is 57.4. The molecule has 2 unspecified atom stereocenters. The van der Waals surface area contributed by atoms with Crippen LogP contribution in [0.25, 0.3) is 0 Å². The van der Waals surface area contributed by atoms with Gasteiger partial charge in [0, 0.05) is 13.0 Å². The Morgan fingerprint density at radius 3 is 1.45 bits per heavy atom. The molecule has 0 aliphatic carbocycles. The fraction of sp³-hybridized carbons (Fsp3) is 0.706. The van der Waals surface area contributed by atoms with Crippen LogP contribution in [0.1, 0.15) is 174 Å². The second kappa shape index (κ2) is 43.3. The average Bonchev–Trinajstić information content (AvgIpc) is 3.20. The van der Waals surface area contributed by atoms with Crippen molar-refractivity contribution in [1.82, 2.24) is 0 Å². The van der Waals surface area contributed by atoms with Crippen molar-refractivity contribution in [2.75, 3.05) is 54.1 Å². The molecule has 0 rings (SSSR count). The fourth-order valence-electron chi connectivity index (χ4n) is 6.01. The highest BCUT2D eigenvalue weighted by atomic mass is 31.2. The smallest absolute Gasteiger partial charge is 0.306 e. The quantitative estimate of drug-likeness (QED) is 0.0198. The zero-order chi connectivity index (χ0) is 44.1. The van der Waals surface area contributed by atoms with Gasteiger partial charge in [-0.15, -0.1) is 0 Å². The lowest BCUT2D eigenvalue weighted by Crippen LogP contribution is -2.37. The normalized spacial score (nSPS) is 14.4. The van der Waals surface area contributed by atoms with Gasteiger partial charge in [-0.25, -0.2) is 0 Å². The lowest BCUT2D eigenvalue weighted by atomic mass is 10.1. The Hall–Kier alpha value is -2.32. The topological polar surface area (TPSA) is 94.1 Å². The largest absolute Gasteiger partial charge is 0.756 e. The minimum absolute atomic E-state index is 0.0144. The number of allylic oxidation sites excluding steroid dienone is 14. The van der Waals surface area contributed by atoms with Gasteiger partial charge in [0.2, 0.25) is 0 Å². The van der Waals surface area contributed by atoms with Crippen molar-refractivity contribution in [3.63, 3.8) is 0 Å². The van der Waals surface area contributed by atoms with Crippen LogP contribution in [-0.2, 0) is 27.9 Å². The molecule has 0 saturated heterocycles. The Morgan fingerprint density at radius 1 is 0.533 bits per heavy atom. The number of nitrogens with zero attached hydrogens (tertiary/aromatic N) is 1. The van der Waals surface area contributed by atoms with Crippen molar-refractivity contribution < 1.29 is 37.3 Å². The Balaban J connectivity index is 4.29. The van der Waals surface area contributed by atoms with Crippen molar-refractivity contribution in [2.24, 2.45) is 0 Å². The van der Waals surface area contributed by atoms with E-state index in [4.69, 9.17) is 18.5 Å². The number of carbonyl (C=O) groups is 1. The molecule has 0 spiro atoms. The third-order valence-electron chi connectivity index (χ3n) is 9.68. The van der Waals surface area contributed by atoms with Gasteiger partial charge in [0.1, 0.15) is 19.3 Å². The van der Waals surface area contributed by atoms with E-state index in [1.165, 1.54) is 57.8 Å². The predicted molar refractivity (Wildman–Crippen MR) is 254 cm³/mol. The van der Waals surface area contributed by atoms with Crippen molar-refractivity contribution in [1.29, 1.82) is 0 Å². The highest BCUT2D eigenvalue weighted by Gasteiger charge is 2.20. The van der Waals surface area contributed by atoms with Crippen LogP contribution in [0.2, 0.25) is 0 Å². The number of carbonyl (C=O) groups excluding carboxylic acids is 1. The summed E-state index contributed by atoms with van der Waals surface area (Å²) in [5.41, 5.74) is 0. The Morgan fingerprint density at radius 2 is 0.967 bits per heavy atom. The summed E-state index contributed by atoms with van der Waals surface area (Å²) >= 11 is 0. The number of likely N-dealkylation sites (N-methyl/N-ethyl adjacent to an activating group) is 1. The Kier molecular flexibility index (Phi) is 41.7.